The molecule has 3 aromatic rings. The highest BCUT2D eigenvalue weighted by atomic mass is 31.2. The predicted molar refractivity (Wildman–Crippen MR) is 324 cm³/mol. The minimum Gasteiger partial charge on any atom is -0.408 e. The maximum atomic E-state index is 7.67. The van der Waals surface area contributed by atoms with Crippen LogP contribution in [0, 0.1) is 56.3 Å². The van der Waals surface area contributed by atoms with Crippen molar-refractivity contribution in [3.05, 3.63) is 86.5 Å². The lowest BCUT2D eigenvalue weighted by atomic mass is 9.83. The fraction of sp³-hybridized carbons (Fsp3) is 0.739. The molecule has 6 atom stereocenters. The Morgan fingerprint density at radius 3 is 0.658 bits per heavy atom. The predicted octanol–water partition coefficient (Wildman–Crippen LogP) is 22.9. The molecule has 6 unspecified atom stereocenters. The molecule has 0 aliphatic rings. The van der Waals surface area contributed by atoms with Gasteiger partial charge < -0.3 is 13.6 Å². The first kappa shape index (κ1) is 64.8. The minimum atomic E-state index is -1.92. The lowest BCUT2D eigenvalue weighted by Gasteiger charge is -2.29. The first-order valence-corrected chi connectivity index (χ1v) is 32.7. The van der Waals surface area contributed by atoms with Gasteiger partial charge >= 0.3 is 8.60 Å². The van der Waals surface area contributed by atoms with Gasteiger partial charge in [-0.05, 0) is 163 Å². The van der Waals surface area contributed by atoms with Gasteiger partial charge in [-0.15, -0.1) is 0 Å². The van der Waals surface area contributed by atoms with Crippen molar-refractivity contribution in [2.24, 2.45) is 35.5 Å². The number of benzene rings is 3. The minimum absolute atomic E-state index is 0.603. The average molecular weight is 1030 g/mol. The molecule has 0 radical (unpaired) electrons. The van der Waals surface area contributed by atoms with Gasteiger partial charge in [0.1, 0.15) is 17.2 Å². The Balaban J connectivity index is 2.47. The van der Waals surface area contributed by atoms with Gasteiger partial charge in [-0.3, -0.25) is 0 Å². The first-order chi connectivity index (χ1) is 35.4. The molecule has 0 aliphatic carbocycles. The maximum absolute atomic E-state index is 7.67. The van der Waals surface area contributed by atoms with Gasteiger partial charge in [0.25, 0.3) is 0 Å². The summed E-state index contributed by atoms with van der Waals surface area (Å²) in [5, 5.41) is 0. The van der Waals surface area contributed by atoms with Gasteiger partial charge in [0.2, 0.25) is 0 Å². The molecule has 0 aliphatic heterocycles. The van der Waals surface area contributed by atoms with Crippen LogP contribution >= 0.6 is 8.60 Å². The average Bonchev–Trinajstić information content (AvgIpc) is 3.40. The molecule has 0 saturated heterocycles. The third-order valence-electron chi connectivity index (χ3n) is 17.6. The zero-order valence-corrected chi connectivity index (χ0v) is 51.7. The van der Waals surface area contributed by atoms with Gasteiger partial charge in [0.15, 0.2) is 0 Å². The van der Waals surface area contributed by atoms with Crippen LogP contribution in [0.15, 0.2) is 36.4 Å². The SMILES string of the molecule is CCCCC(CC)Cc1c(C)ccc(OP(Oc2ccc(C)c(CC(CC)CCCC)c2CC(CC)CCCC)Oc2ccc(C)c(CC(CC)CCCC)c2CC(CC)CCCC)c1CC(CC)CCCC. The van der Waals surface area contributed by atoms with Crippen molar-refractivity contribution >= 4 is 8.60 Å². The van der Waals surface area contributed by atoms with Crippen LogP contribution in [0.25, 0.3) is 0 Å². The van der Waals surface area contributed by atoms with E-state index in [1.807, 2.05) is 0 Å². The fourth-order valence-corrected chi connectivity index (χ4v) is 12.9. The number of hydrogen-bond acceptors (Lipinski definition) is 3. The van der Waals surface area contributed by atoms with Crippen molar-refractivity contribution in [3.63, 3.8) is 0 Å². The molecular weight excluding hydrogens is 908 g/mol. The standard InChI is InChI=1S/C69H117O3P/c1-16-28-34-55(22-7)46-61-52(13)40-43-67(64(61)49-58(25-10)37-31-19-4)70-73(71-68-44-41-53(14)62(47-56(23-8)35-29-17-2)65(68)50-59(26-11)38-32-20-5)72-69-45-42-54(15)63(48-57(24-9)36-30-18-3)66(69)51-60(27-12)39-33-21-6/h40-45,55-60H,16-39,46-51H2,1-15H3. The Hall–Kier alpha value is -2.51. The van der Waals surface area contributed by atoms with Crippen LogP contribution in [-0.2, 0) is 38.5 Å². The second kappa shape index (κ2) is 37.3. The van der Waals surface area contributed by atoms with Crippen molar-refractivity contribution < 1.29 is 13.6 Å². The van der Waals surface area contributed by atoms with Crippen LogP contribution in [0.3, 0.4) is 0 Å². The van der Waals surface area contributed by atoms with Crippen molar-refractivity contribution in [1.29, 1.82) is 0 Å². The smallest absolute Gasteiger partial charge is 0.408 e. The first-order valence-electron chi connectivity index (χ1n) is 31.6. The molecule has 0 amide bonds. The summed E-state index contributed by atoms with van der Waals surface area (Å²) in [5.41, 5.74) is 13.0. The Kier molecular flexibility index (Phi) is 33.1. The highest BCUT2D eigenvalue weighted by molar-refractivity contribution is 7.43. The van der Waals surface area contributed by atoms with E-state index in [2.05, 4.69) is 140 Å². The third kappa shape index (κ3) is 21.8. The molecule has 3 aromatic carbocycles. The van der Waals surface area contributed by atoms with Gasteiger partial charge in [0, 0.05) is 0 Å². The normalized spacial score (nSPS) is 14.7. The van der Waals surface area contributed by atoms with Crippen LogP contribution in [-0.4, -0.2) is 0 Å². The second-order valence-electron chi connectivity index (χ2n) is 23.2. The number of hydrogen-bond donors (Lipinski definition) is 0. The van der Waals surface area contributed by atoms with E-state index in [0.717, 1.165) is 55.8 Å². The van der Waals surface area contributed by atoms with Crippen LogP contribution in [0.2, 0.25) is 0 Å². The fourth-order valence-electron chi connectivity index (χ4n) is 11.8. The molecule has 0 heterocycles. The summed E-state index contributed by atoms with van der Waals surface area (Å²) < 4.78 is 23.0. The molecular formula is C69H117O3P. The lowest BCUT2D eigenvalue weighted by molar-refractivity contribution is 0.369. The van der Waals surface area contributed by atoms with Gasteiger partial charge in [-0.2, -0.15) is 0 Å². The highest BCUT2D eigenvalue weighted by Crippen LogP contribution is 2.49. The quantitative estimate of drug-likeness (QED) is 0.0529. The third-order valence-corrected chi connectivity index (χ3v) is 18.6. The van der Waals surface area contributed by atoms with Gasteiger partial charge in [-0.25, -0.2) is 0 Å². The number of unbranched alkanes of at least 4 members (excludes halogenated alkanes) is 6. The summed E-state index contributed by atoms with van der Waals surface area (Å²) in [7, 11) is -1.92. The molecule has 0 N–H and O–H groups in total. The molecule has 4 heteroatoms. The Bertz CT molecular complexity index is 1700. The zero-order valence-electron chi connectivity index (χ0n) is 50.8. The Morgan fingerprint density at radius 1 is 0.288 bits per heavy atom. The molecule has 3 nitrogen and oxygen atoms in total. The number of aryl methyl sites for hydroxylation is 3. The highest BCUT2D eigenvalue weighted by Gasteiger charge is 2.30. The van der Waals surface area contributed by atoms with E-state index in [1.54, 1.807) is 0 Å². The second-order valence-corrected chi connectivity index (χ2v) is 24.2. The Morgan fingerprint density at radius 2 is 0.479 bits per heavy atom. The summed E-state index contributed by atoms with van der Waals surface area (Å²) in [5.74, 6) is 6.73. The summed E-state index contributed by atoms with van der Waals surface area (Å²) in [6.07, 6.45) is 36.2. The summed E-state index contributed by atoms with van der Waals surface area (Å²) in [6.45, 7) is 35.6. The lowest BCUT2D eigenvalue weighted by Crippen LogP contribution is -2.16. The largest absolute Gasteiger partial charge is 0.530 e. The Labute approximate surface area is 455 Å². The van der Waals surface area contributed by atoms with Crippen molar-refractivity contribution in [1.82, 2.24) is 0 Å². The molecule has 0 spiro atoms. The summed E-state index contributed by atoms with van der Waals surface area (Å²) in [4.78, 5) is 0. The maximum Gasteiger partial charge on any atom is 0.530 e. The number of rotatable bonds is 42. The van der Waals surface area contributed by atoms with E-state index in [1.165, 1.54) is 204 Å². The molecule has 0 bridgehead atoms. The van der Waals surface area contributed by atoms with Gasteiger partial charge in [-0.1, -0.05) is 255 Å². The van der Waals surface area contributed by atoms with E-state index in [0.29, 0.717) is 35.5 Å². The summed E-state index contributed by atoms with van der Waals surface area (Å²) >= 11 is 0. The molecule has 416 valence electrons. The summed E-state index contributed by atoms with van der Waals surface area (Å²) in [6, 6.07) is 14.0. The zero-order chi connectivity index (χ0) is 53.5. The van der Waals surface area contributed by atoms with E-state index in [-0.39, 0.29) is 0 Å². The van der Waals surface area contributed by atoms with E-state index >= 15 is 0 Å². The topological polar surface area (TPSA) is 27.7 Å². The van der Waals surface area contributed by atoms with Crippen molar-refractivity contribution in [2.75, 3.05) is 0 Å². The van der Waals surface area contributed by atoms with Crippen molar-refractivity contribution in [3.8, 4) is 17.2 Å². The monoisotopic (exact) mass is 1020 g/mol. The van der Waals surface area contributed by atoms with Crippen LogP contribution < -0.4 is 13.6 Å². The van der Waals surface area contributed by atoms with E-state index in [4.69, 9.17) is 13.6 Å². The van der Waals surface area contributed by atoms with E-state index < -0.39 is 8.60 Å². The molecule has 3 rings (SSSR count). The molecule has 73 heavy (non-hydrogen) atoms. The van der Waals surface area contributed by atoms with Crippen LogP contribution in [0.1, 0.15) is 287 Å². The van der Waals surface area contributed by atoms with Gasteiger partial charge in [0.05, 0.1) is 0 Å². The van der Waals surface area contributed by atoms with Crippen molar-refractivity contribution in [2.45, 2.75) is 296 Å². The molecule has 0 aromatic heterocycles. The molecule has 0 fully saturated rings. The van der Waals surface area contributed by atoms with E-state index in [9.17, 15) is 0 Å². The van der Waals surface area contributed by atoms with Crippen LogP contribution in [0.4, 0.5) is 0 Å². The molecule has 0 saturated carbocycles. The van der Waals surface area contributed by atoms with Crippen LogP contribution in [0.5, 0.6) is 17.2 Å².